The van der Waals surface area contributed by atoms with Crippen molar-refractivity contribution >= 4 is 11.8 Å². The molecule has 11 nitrogen and oxygen atoms in total. The number of carbonyl (C=O) groups excluding carboxylic acids is 1. The first-order valence-corrected chi connectivity index (χ1v) is 19.0. The van der Waals surface area contributed by atoms with Gasteiger partial charge < -0.3 is 44.8 Å². The molecule has 0 spiro atoms. The molecule has 3 aliphatic rings. The Hall–Kier alpha value is -1.18. The van der Waals surface area contributed by atoms with Gasteiger partial charge in [0.25, 0.3) is 0 Å². The third-order valence-electron chi connectivity index (χ3n) is 13.1. The summed E-state index contributed by atoms with van der Waals surface area (Å²) in [6.45, 7) is 20.0. The minimum absolute atomic E-state index is 0.0760. The van der Waals surface area contributed by atoms with Gasteiger partial charge in [0.05, 0.1) is 36.1 Å². The Labute approximate surface area is 294 Å². The number of hydrogen-bond acceptors (Lipinski definition) is 10. The molecule has 286 valence electrons. The molecule has 0 bridgehead atoms. The minimum Gasteiger partial charge on any atom is -0.481 e. The molecule has 6 N–H and O–H groups in total. The molecule has 3 aliphatic heterocycles. The van der Waals surface area contributed by atoms with Gasteiger partial charge in [0, 0.05) is 35.5 Å². The van der Waals surface area contributed by atoms with Gasteiger partial charge in [0.1, 0.15) is 17.3 Å². The lowest BCUT2D eigenvalue weighted by atomic mass is 9.69. The zero-order valence-electron chi connectivity index (χ0n) is 31.9. The number of rotatable bonds is 16. The quantitative estimate of drug-likeness (QED) is 0.132. The van der Waals surface area contributed by atoms with Gasteiger partial charge in [-0.15, -0.1) is 0 Å². The van der Waals surface area contributed by atoms with Crippen LogP contribution in [0.2, 0.25) is 0 Å². The molecule has 3 heterocycles. The zero-order chi connectivity index (χ0) is 37.4. The highest BCUT2D eigenvalue weighted by molar-refractivity contribution is 5.84. The Morgan fingerprint density at radius 1 is 0.918 bits per heavy atom. The molecule has 0 radical (unpaired) electrons. The molecule has 3 saturated heterocycles. The number of ether oxygens (including phenoxy) is 3. The van der Waals surface area contributed by atoms with Crippen LogP contribution in [0.3, 0.4) is 0 Å². The minimum atomic E-state index is -2.16. The fourth-order valence-electron chi connectivity index (χ4n) is 9.82. The maximum atomic E-state index is 14.3. The van der Waals surface area contributed by atoms with Crippen molar-refractivity contribution in [3.8, 4) is 0 Å². The number of aliphatic hydroxyl groups is 5. The van der Waals surface area contributed by atoms with Crippen LogP contribution >= 0.6 is 0 Å². The average Bonchev–Trinajstić information content (AvgIpc) is 3.52. The summed E-state index contributed by atoms with van der Waals surface area (Å²) in [6.07, 6.45) is -0.779. The summed E-state index contributed by atoms with van der Waals surface area (Å²) in [4.78, 5) is 26.4. The molecule has 0 aromatic heterocycles. The lowest BCUT2D eigenvalue weighted by Crippen LogP contribution is -2.64. The van der Waals surface area contributed by atoms with Gasteiger partial charge in [-0.05, 0) is 57.8 Å². The summed E-state index contributed by atoms with van der Waals surface area (Å²) in [5.41, 5.74) is -2.05. The van der Waals surface area contributed by atoms with Crippen molar-refractivity contribution in [2.24, 2.45) is 47.3 Å². The molecule has 3 fully saturated rings. The van der Waals surface area contributed by atoms with E-state index in [9.17, 15) is 40.2 Å². The molecule has 3 rings (SSSR count). The summed E-state index contributed by atoms with van der Waals surface area (Å²) in [6, 6.07) is 0. The SMILES string of the molecule is CCC[C@H](O)[C@@]1(CC)C[C@@H](C)[C@](O)([C@@]2(C)C[C@H](C)[C@@H]([C@@H](CC)C(=O)[C@@H](C)[C@@H](O)[C@H](C)C3O[C@](O)([C@H](CC)C(=O)O)[C@@H](C)[C@@H](O)[C@H]3CC)O2)O1. The van der Waals surface area contributed by atoms with Crippen LogP contribution in [0.25, 0.3) is 0 Å². The summed E-state index contributed by atoms with van der Waals surface area (Å²) < 4.78 is 19.4. The number of aliphatic hydroxyl groups excluding tert-OH is 3. The van der Waals surface area contributed by atoms with E-state index in [1.165, 1.54) is 0 Å². The van der Waals surface area contributed by atoms with Crippen molar-refractivity contribution < 1.29 is 54.4 Å². The van der Waals surface area contributed by atoms with Crippen molar-refractivity contribution in [3.05, 3.63) is 0 Å². The number of ketones is 1. The molecule has 0 aromatic rings. The second-order valence-corrected chi connectivity index (χ2v) is 16.2. The summed E-state index contributed by atoms with van der Waals surface area (Å²) in [7, 11) is 0. The van der Waals surface area contributed by atoms with E-state index in [1.54, 1.807) is 27.7 Å². The van der Waals surface area contributed by atoms with E-state index in [0.29, 0.717) is 38.5 Å². The van der Waals surface area contributed by atoms with E-state index in [-0.39, 0.29) is 24.0 Å². The lowest BCUT2D eigenvalue weighted by molar-refractivity contribution is -0.348. The van der Waals surface area contributed by atoms with Crippen molar-refractivity contribution in [2.75, 3.05) is 0 Å². The fraction of sp³-hybridized carbons (Fsp3) is 0.947. The maximum absolute atomic E-state index is 14.3. The number of aliphatic carboxylic acids is 1. The number of carbonyl (C=O) groups is 2. The highest BCUT2D eigenvalue weighted by atomic mass is 16.7. The average molecular weight is 701 g/mol. The van der Waals surface area contributed by atoms with Crippen LogP contribution in [0, 0.1) is 47.3 Å². The molecular formula is C38H68O11. The van der Waals surface area contributed by atoms with Crippen molar-refractivity contribution in [1.29, 1.82) is 0 Å². The van der Waals surface area contributed by atoms with Gasteiger partial charge in [-0.25, -0.2) is 0 Å². The second kappa shape index (κ2) is 15.8. The van der Waals surface area contributed by atoms with Gasteiger partial charge in [0.15, 0.2) is 11.6 Å². The summed E-state index contributed by atoms with van der Waals surface area (Å²) in [5, 5.41) is 67.8. The van der Waals surface area contributed by atoms with Gasteiger partial charge in [0.2, 0.25) is 0 Å². The Morgan fingerprint density at radius 3 is 2.02 bits per heavy atom. The van der Waals surface area contributed by atoms with Gasteiger partial charge in [-0.3, -0.25) is 9.59 Å². The number of carboxylic acid groups (broad SMARTS) is 1. The van der Waals surface area contributed by atoms with E-state index in [1.807, 2.05) is 48.5 Å². The topological polar surface area (TPSA) is 183 Å². The smallest absolute Gasteiger partial charge is 0.311 e. The number of hydrogen-bond donors (Lipinski definition) is 6. The molecule has 49 heavy (non-hydrogen) atoms. The largest absolute Gasteiger partial charge is 0.481 e. The lowest BCUT2D eigenvalue weighted by Gasteiger charge is -2.52. The molecule has 11 heteroatoms. The number of Topliss-reactive ketones (excluding diaryl/α,β-unsaturated/α-hetero) is 1. The Kier molecular flexibility index (Phi) is 13.6. The van der Waals surface area contributed by atoms with Crippen LogP contribution in [-0.4, -0.2) is 95.7 Å². The molecule has 1 unspecified atom stereocenters. The third kappa shape index (κ3) is 7.26. The molecule has 0 aromatic carbocycles. The molecule has 17 atom stereocenters. The zero-order valence-corrected chi connectivity index (χ0v) is 31.9. The maximum Gasteiger partial charge on any atom is 0.311 e. The highest BCUT2D eigenvalue weighted by Crippen LogP contribution is 2.56. The van der Waals surface area contributed by atoms with E-state index < -0.39 is 94.8 Å². The van der Waals surface area contributed by atoms with Crippen molar-refractivity contribution in [3.63, 3.8) is 0 Å². The predicted molar refractivity (Wildman–Crippen MR) is 184 cm³/mol. The molecular weight excluding hydrogens is 632 g/mol. The van der Waals surface area contributed by atoms with Crippen LogP contribution < -0.4 is 0 Å². The van der Waals surface area contributed by atoms with E-state index in [4.69, 9.17) is 14.2 Å². The first-order valence-electron chi connectivity index (χ1n) is 19.0. The summed E-state index contributed by atoms with van der Waals surface area (Å²) >= 11 is 0. The van der Waals surface area contributed by atoms with Gasteiger partial charge in [-0.1, -0.05) is 75.7 Å². The highest BCUT2D eigenvalue weighted by Gasteiger charge is 2.67. The molecule has 0 saturated carbocycles. The van der Waals surface area contributed by atoms with E-state index in [0.717, 1.165) is 6.42 Å². The van der Waals surface area contributed by atoms with Crippen LogP contribution in [0.15, 0.2) is 0 Å². The Morgan fingerprint density at radius 2 is 1.53 bits per heavy atom. The summed E-state index contributed by atoms with van der Waals surface area (Å²) in [5.74, 6) is -10.7. The third-order valence-corrected chi connectivity index (χ3v) is 13.1. The number of carboxylic acids is 1. The van der Waals surface area contributed by atoms with Crippen molar-refractivity contribution in [1.82, 2.24) is 0 Å². The monoisotopic (exact) mass is 700 g/mol. The Bertz CT molecular complexity index is 1130. The molecule has 0 aliphatic carbocycles. The first-order chi connectivity index (χ1) is 22.7. The predicted octanol–water partition coefficient (Wildman–Crippen LogP) is 4.67. The Balaban J connectivity index is 1.85. The molecule has 0 amide bonds. The standard InChI is InChI=1S/C38H68O11/c1-12-17-28(39)36(16-5)19-21(7)38(46,49-36)35(11)18-20(6)32(47-35)25(13-2)30(41)22(8)29(40)23(9)33-26(14-3)31(42)24(10)37(45,48-33)27(15-4)34(43)44/h20-29,31-33,39-40,42,45-46H,12-19H2,1-11H3,(H,43,44)/t20-,21+,22-,23-,24-,25-,26+,27+,28-,29+,31+,32-,33?,35+,36+,37-,38+/m0/s1. The fourth-order valence-corrected chi connectivity index (χ4v) is 9.82. The van der Waals surface area contributed by atoms with Crippen LogP contribution in [0.5, 0.6) is 0 Å². The van der Waals surface area contributed by atoms with Crippen LogP contribution in [0.4, 0.5) is 0 Å². The van der Waals surface area contributed by atoms with Crippen LogP contribution in [-0.2, 0) is 23.8 Å². The van der Waals surface area contributed by atoms with E-state index in [2.05, 4.69) is 0 Å². The van der Waals surface area contributed by atoms with Crippen LogP contribution in [0.1, 0.15) is 128 Å². The van der Waals surface area contributed by atoms with Crippen molar-refractivity contribution in [2.45, 2.75) is 181 Å². The first kappa shape index (κ1) is 42.2. The van der Waals surface area contributed by atoms with Gasteiger partial charge >= 0.3 is 5.97 Å². The second-order valence-electron chi connectivity index (χ2n) is 16.2. The van der Waals surface area contributed by atoms with E-state index >= 15 is 0 Å². The van der Waals surface area contributed by atoms with Gasteiger partial charge in [-0.2, -0.15) is 0 Å². The normalized spacial score (nSPS) is 43.5.